The number of amides is 1. The molecule has 0 saturated heterocycles. The van der Waals surface area contributed by atoms with Crippen LogP contribution in [0.15, 0.2) is 53.6 Å². The largest absolute Gasteiger partial charge is 0.271 e. The lowest BCUT2D eigenvalue weighted by molar-refractivity contribution is -0.119. The van der Waals surface area contributed by atoms with Crippen LogP contribution >= 0.6 is 0 Å². The minimum atomic E-state index is -3.65. The predicted octanol–water partition coefficient (Wildman–Crippen LogP) is 3.47. The number of carbonyl (C=O) groups is 1. The summed E-state index contributed by atoms with van der Waals surface area (Å²) in [4.78, 5) is 12.5. The van der Waals surface area contributed by atoms with Crippen LogP contribution in [-0.4, -0.2) is 33.3 Å². The van der Waals surface area contributed by atoms with Crippen LogP contribution < -0.4 is 9.73 Å². The number of benzene rings is 3. The van der Waals surface area contributed by atoms with Gasteiger partial charge in [-0.25, -0.2) is 13.8 Å². The topological polar surface area (TPSA) is 78.8 Å². The molecule has 1 aliphatic rings. The number of hydrogen-bond donors (Lipinski definition) is 1. The smallest absolute Gasteiger partial charge is 0.260 e. The molecule has 0 radical (unpaired) electrons. The van der Waals surface area contributed by atoms with Gasteiger partial charge in [-0.3, -0.25) is 9.10 Å². The highest BCUT2D eigenvalue weighted by molar-refractivity contribution is 7.92. The van der Waals surface area contributed by atoms with Crippen molar-refractivity contribution in [2.45, 2.75) is 26.7 Å². The summed E-state index contributed by atoms with van der Waals surface area (Å²) in [6.07, 6.45) is 4.80. The Morgan fingerprint density at radius 3 is 2.35 bits per heavy atom. The van der Waals surface area contributed by atoms with E-state index < -0.39 is 15.9 Å². The average Bonchev–Trinajstić information content (AvgIpc) is 3.13. The Balaban J connectivity index is 1.54. The lowest BCUT2D eigenvalue weighted by Gasteiger charge is -2.25. The predicted molar refractivity (Wildman–Crippen MR) is 125 cm³/mol. The van der Waals surface area contributed by atoms with E-state index in [0.717, 1.165) is 45.5 Å². The van der Waals surface area contributed by atoms with Crippen molar-refractivity contribution < 1.29 is 13.2 Å². The fourth-order valence-electron chi connectivity index (χ4n) is 4.28. The minimum absolute atomic E-state index is 0.342. The standard InChI is InChI=1S/C24H25N3O3S/c1-16-6-4-7-17(2)24(16)27(31(3,29)30)15-22(28)26-25-14-20-13-12-19-11-10-18-8-5-9-21(20)23(18)19/h4-9,12-14H,10-11,15H2,1-3H3,(H,26,28)/b25-14+. The molecule has 0 fully saturated rings. The third-order valence-electron chi connectivity index (χ3n) is 5.68. The van der Waals surface area contributed by atoms with Gasteiger partial charge >= 0.3 is 0 Å². The summed E-state index contributed by atoms with van der Waals surface area (Å²) >= 11 is 0. The Hall–Kier alpha value is -3.19. The van der Waals surface area contributed by atoms with Gasteiger partial charge in [-0.05, 0) is 59.7 Å². The van der Waals surface area contributed by atoms with Gasteiger partial charge < -0.3 is 0 Å². The van der Waals surface area contributed by atoms with E-state index in [4.69, 9.17) is 0 Å². The number of rotatable bonds is 6. The van der Waals surface area contributed by atoms with E-state index in [2.05, 4.69) is 28.7 Å². The van der Waals surface area contributed by atoms with Crippen LogP contribution in [0.4, 0.5) is 5.69 Å². The first-order chi connectivity index (χ1) is 14.8. The molecule has 3 aromatic rings. The van der Waals surface area contributed by atoms with E-state index in [0.29, 0.717) is 5.69 Å². The summed E-state index contributed by atoms with van der Waals surface area (Å²) in [5.74, 6) is -0.504. The zero-order valence-corrected chi connectivity index (χ0v) is 18.7. The molecule has 1 N–H and O–H groups in total. The van der Waals surface area contributed by atoms with E-state index in [9.17, 15) is 13.2 Å². The van der Waals surface area contributed by atoms with Crippen molar-refractivity contribution in [3.63, 3.8) is 0 Å². The van der Waals surface area contributed by atoms with Crippen molar-refractivity contribution in [1.29, 1.82) is 0 Å². The molecule has 0 atom stereocenters. The Labute approximate surface area is 182 Å². The zero-order chi connectivity index (χ0) is 22.2. The van der Waals surface area contributed by atoms with Crippen LogP contribution in [0, 0.1) is 13.8 Å². The van der Waals surface area contributed by atoms with Crippen molar-refractivity contribution in [1.82, 2.24) is 5.43 Å². The maximum Gasteiger partial charge on any atom is 0.260 e. The molecule has 6 nitrogen and oxygen atoms in total. The molecule has 4 rings (SSSR count). The second kappa shape index (κ2) is 8.15. The SMILES string of the molecule is Cc1cccc(C)c1N(CC(=O)N/N=C/c1ccc2c3c(cccc13)CC2)S(C)(=O)=O. The van der Waals surface area contributed by atoms with E-state index >= 15 is 0 Å². The van der Waals surface area contributed by atoms with Gasteiger partial charge in [-0.2, -0.15) is 5.10 Å². The van der Waals surface area contributed by atoms with Crippen molar-refractivity contribution in [3.05, 3.63) is 76.3 Å². The van der Waals surface area contributed by atoms with Crippen LogP contribution in [0.2, 0.25) is 0 Å². The lowest BCUT2D eigenvalue weighted by atomic mass is 10.0. The van der Waals surface area contributed by atoms with E-state index in [1.807, 2.05) is 44.2 Å². The van der Waals surface area contributed by atoms with Crippen molar-refractivity contribution >= 4 is 38.6 Å². The highest BCUT2D eigenvalue weighted by atomic mass is 32.2. The third-order valence-corrected chi connectivity index (χ3v) is 6.79. The highest BCUT2D eigenvalue weighted by Crippen LogP contribution is 2.32. The molecule has 0 heterocycles. The van der Waals surface area contributed by atoms with Gasteiger partial charge in [0.2, 0.25) is 10.0 Å². The molecule has 0 aliphatic heterocycles. The van der Waals surface area contributed by atoms with E-state index in [-0.39, 0.29) is 6.54 Å². The molecular formula is C24H25N3O3S. The third kappa shape index (κ3) is 4.18. The van der Waals surface area contributed by atoms with Gasteiger partial charge in [0.25, 0.3) is 5.91 Å². The number of carbonyl (C=O) groups excluding carboxylic acids is 1. The minimum Gasteiger partial charge on any atom is -0.271 e. The summed E-state index contributed by atoms with van der Waals surface area (Å²) in [5, 5.41) is 6.48. The van der Waals surface area contributed by atoms with Gasteiger partial charge in [0.05, 0.1) is 18.2 Å². The second-order valence-corrected chi connectivity index (χ2v) is 9.86. The maximum absolute atomic E-state index is 12.5. The Morgan fingerprint density at radius 2 is 1.68 bits per heavy atom. The van der Waals surface area contributed by atoms with Crippen LogP contribution in [0.3, 0.4) is 0 Å². The van der Waals surface area contributed by atoms with E-state index in [1.165, 1.54) is 16.5 Å². The van der Waals surface area contributed by atoms with Gasteiger partial charge in [-0.1, -0.05) is 48.5 Å². The molecule has 0 unspecified atom stereocenters. The number of nitrogens with zero attached hydrogens (tertiary/aromatic N) is 2. The van der Waals surface area contributed by atoms with Crippen molar-refractivity contribution in [2.75, 3.05) is 17.1 Å². The van der Waals surface area contributed by atoms with Crippen LogP contribution in [0.5, 0.6) is 0 Å². The number of sulfonamides is 1. The second-order valence-electron chi connectivity index (χ2n) is 7.96. The first kappa shape index (κ1) is 21.1. The Kier molecular flexibility index (Phi) is 5.54. The monoisotopic (exact) mass is 435 g/mol. The number of anilines is 1. The van der Waals surface area contributed by atoms with Crippen molar-refractivity contribution in [3.8, 4) is 0 Å². The first-order valence-corrected chi connectivity index (χ1v) is 12.0. The molecule has 0 aromatic heterocycles. The molecule has 0 spiro atoms. The number of aryl methyl sites for hydroxylation is 4. The number of nitrogens with one attached hydrogen (secondary N) is 1. The number of para-hydroxylation sites is 1. The lowest BCUT2D eigenvalue weighted by Crippen LogP contribution is -2.39. The van der Waals surface area contributed by atoms with Gasteiger partial charge in [-0.15, -0.1) is 0 Å². The molecule has 1 amide bonds. The Bertz CT molecular complexity index is 1280. The average molecular weight is 436 g/mol. The van der Waals surface area contributed by atoms with Crippen LogP contribution in [0.25, 0.3) is 10.8 Å². The summed E-state index contributed by atoms with van der Waals surface area (Å²) < 4.78 is 25.9. The molecule has 0 saturated carbocycles. The van der Waals surface area contributed by atoms with E-state index in [1.54, 1.807) is 6.21 Å². The zero-order valence-electron chi connectivity index (χ0n) is 17.8. The quantitative estimate of drug-likeness (QED) is 0.476. The summed E-state index contributed by atoms with van der Waals surface area (Å²) in [6.45, 7) is 3.31. The summed E-state index contributed by atoms with van der Waals surface area (Å²) in [5.41, 5.74) is 8.16. The van der Waals surface area contributed by atoms with Crippen LogP contribution in [0.1, 0.15) is 27.8 Å². The molecule has 160 valence electrons. The summed E-state index contributed by atoms with van der Waals surface area (Å²) in [6, 6.07) is 15.9. The summed E-state index contributed by atoms with van der Waals surface area (Å²) in [7, 11) is -3.65. The number of hydrazone groups is 1. The Morgan fingerprint density at radius 1 is 1.03 bits per heavy atom. The highest BCUT2D eigenvalue weighted by Gasteiger charge is 2.23. The molecule has 0 bridgehead atoms. The molecule has 7 heteroatoms. The molecular weight excluding hydrogens is 410 g/mol. The van der Waals surface area contributed by atoms with Gasteiger partial charge in [0.1, 0.15) is 6.54 Å². The van der Waals surface area contributed by atoms with Crippen LogP contribution in [-0.2, 0) is 27.7 Å². The maximum atomic E-state index is 12.5. The number of hydrogen-bond acceptors (Lipinski definition) is 4. The van der Waals surface area contributed by atoms with Gasteiger partial charge in [0.15, 0.2) is 0 Å². The molecule has 31 heavy (non-hydrogen) atoms. The van der Waals surface area contributed by atoms with Crippen molar-refractivity contribution in [2.24, 2.45) is 5.10 Å². The van der Waals surface area contributed by atoms with Gasteiger partial charge in [0, 0.05) is 5.56 Å². The normalized spacial score (nSPS) is 13.1. The molecule has 1 aliphatic carbocycles. The fourth-order valence-corrected chi connectivity index (χ4v) is 5.25. The first-order valence-electron chi connectivity index (χ1n) is 10.1. The fraction of sp³-hybridized carbons (Fsp3) is 0.250. The molecule has 3 aromatic carbocycles.